The van der Waals surface area contributed by atoms with Gasteiger partial charge in [0.05, 0.1) is 7.11 Å². The number of carbonyl (C=O) groups is 1. The van der Waals surface area contributed by atoms with E-state index in [1.54, 1.807) is 0 Å². The van der Waals surface area contributed by atoms with Gasteiger partial charge in [-0.3, -0.25) is 9.69 Å². The fourth-order valence-electron chi connectivity index (χ4n) is 2.14. The average Bonchev–Trinajstić information content (AvgIpc) is 2.27. The Morgan fingerprint density at radius 3 is 2.43 bits per heavy atom. The van der Waals surface area contributed by atoms with Crippen LogP contribution >= 0.6 is 0 Å². The Morgan fingerprint density at radius 2 is 1.93 bits per heavy atom. The van der Waals surface area contributed by atoms with Crippen LogP contribution in [0, 0.1) is 0 Å². The molecular weight excluding hydrogens is 178 g/mol. The summed E-state index contributed by atoms with van der Waals surface area (Å²) in [6.45, 7) is 1.92. The molecule has 14 heavy (non-hydrogen) atoms. The van der Waals surface area contributed by atoms with Crippen LogP contribution in [0.15, 0.2) is 0 Å². The summed E-state index contributed by atoms with van der Waals surface area (Å²) in [4.78, 5) is 13.5. The third-order valence-corrected chi connectivity index (χ3v) is 3.30. The van der Waals surface area contributed by atoms with Crippen LogP contribution in [0.1, 0.15) is 39.0 Å². The van der Waals surface area contributed by atoms with Gasteiger partial charge in [0.2, 0.25) is 0 Å². The molecule has 1 aliphatic rings. The van der Waals surface area contributed by atoms with E-state index in [2.05, 4.69) is 4.90 Å². The van der Waals surface area contributed by atoms with Gasteiger partial charge in [0.1, 0.15) is 6.04 Å². The molecule has 0 bridgehead atoms. The Kier molecular flexibility index (Phi) is 4.39. The summed E-state index contributed by atoms with van der Waals surface area (Å²) in [5, 5.41) is 0. The highest BCUT2D eigenvalue weighted by Gasteiger charge is 2.26. The van der Waals surface area contributed by atoms with Crippen LogP contribution in [0.25, 0.3) is 0 Å². The van der Waals surface area contributed by atoms with E-state index in [-0.39, 0.29) is 12.0 Å². The molecule has 1 rings (SSSR count). The second kappa shape index (κ2) is 5.35. The van der Waals surface area contributed by atoms with Crippen molar-refractivity contribution in [3.8, 4) is 0 Å². The van der Waals surface area contributed by atoms with Crippen LogP contribution in [-0.2, 0) is 9.53 Å². The molecule has 0 aromatic carbocycles. The second-order valence-corrected chi connectivity index (χ2v) is 4.16. The van der Waals surface area contributed by atoms with Gasteiger partial charge in [-0.2, -0.15) is 0 Å². The van der Waals surface area contributed by atoms with Gasteiger partial charge in [-0.15, -0.1) is 0 Å². The molecule has 1 atom stereocenters. The maximum absolute atomic E-state index is 11.3. The van der Waals surface area contributed by atoms with E-state index < -0.39 is 0 Å². The lowest BCUT2D eigenvalue weighted by Crippen LogP contribution is -2.44. The Labute approximate surface area is 86.4 Å². The van der Waals surface area contributed by atoms with Crippen LogP contribution in [0.2, 0.25) is 0 Å². The molecule has 0 aromatic rings. The van der Waals surface area contributed by atoms with Crippen LogP contribution in [0.5, 0.6) is 0 Å². The van der Waals surface area contributed by atoms with Gasteiger partial charge in [-0.05, 0) is 26.8 Å². The van der Waals surface area contributed by atoms with Crippen molar-refractivity contribution in [2.24, 2.45) is 0 Å². The van der Waals surface area contributed by atoms with Gasteiger partial charge in [0.25, 0.3) is 0 Å². The first-order valence-electron chi connectivity index (χ1n) is 5.46. The third kappa shape index (κ3) is 2.71. The Balaban J connectivity index is 2.45. The first-order valence-corrected chi connectivity index (χ1v) is 5.46. The fourth-order valence-corrected chi connectivity index (χ4v) is 2.14. The summed E-state index contributed by atoms with van der Waals surface area (Å²) in [7, 11) is 3.48. The highest BCUT2D eigenvalue weighted by atomic mass is 16.5. The molecule has 0 saturated heterocycles. The van der Waals surface area contributed by atoms with Crippen LogP contribution in [-0.4, -0.2) is 37.1 Å². The molecule has 0 heterocycles. The molecule has 0 N–H and O–H groups in total. The molecule has 0 aliphatic heterocycles. The maximum atomic E-state index is 11.3. The number of likely N-dealkylation sites (N-methyl/N-ethyl adjacent to an activating group) is 1. The topological polar surface area (TPSA) is 29.5 Å². The van der Waals surface area contributed by atoms with E-state index >= 15 is 0 Å². The van der Waals surface area contributed by atoms with Gasteiger partial charge >= 0.3 is 5.97 Å². The van der Waals surface area contributed by atoms with Crippen LogP contribution < -0.4 is 0 Å². The predicted molar refractivity (Wildman–Crippen MR) is 56.1 cm³/mol. The monoisotopic (exact) mass is 199 g/mol. The number of esters is 1. The smallest absolute Gasteiger partial charge is 0.322 e. The lowest BCUT2D eigenvalue weighted by atomic mass is 9.94. The normalized spacial score (nSPS) is 20.9. The summed E-state index contributed by atoms with van der Waals surface area (Å²) < 4.78 is 4.74. The van der Waals surface area contributed by atoms with E-state index in [4.69, 9.17) is 4.74 Å². The minimum Gasteiger partial charge on any atom is -0.468 e. The summed E-state index contributed by atoms with van der Waals surface area (Å²) in [6.07, 6.45) is 6.37. The van der Waals surface area contributed by atoms with Crippen LogP contribution in [0.4, 0.5) is 0 Å². The number of hydrogen-bond donors (Lipinski definition) is 0. The molecule has 0 aromatic heterocycles. The molecule has 0 spiro atoms. The van der Waals surface area contributed by atoms with E-state index in [9.17, 15) is 4.79 Å². The van der Waals surface area contributed by atoms with Crippen molar-refractivity contribution in [1.29, 1.82) is 0 Å². The molecule has 1 saturated carbocycles. The molecular formula is C11H21NO2. The first kappa shape index (κ1) is 11.5. The Bertz CT molecular complexity index is 188. The number of methoxy groups -OCH3 is 1. The van der Waals surface area contributed by atoms with Gasteiger partial charge in [0, 0.05) is 6.04 Å². The third-order valence-electron chi connectivity index (χ3n) is 3.30. The standard InChI is InChI=1S/C11H21NO2/c1-9(11(13)14-3)12(2)10-7-5-4-6-8-10/h9-10H,4-8H2,1-3H3. The van der Waals surface area contributed by atoms with Crippen molar-refractivity contribution in [2.75, 3.05) is 14.2 Å². The minimum atomic E-state index is -0.127. The number of nitrogens with zero attached hydrogens (tertiary/aromatic N) is 1. The average molecular weight is 199 g/mol. The van der Waals surface area contributed by atoms with Gasteiger partial charge in [-0.1, -0.05) is 19.3 Å². The van der Waals surface area contributed by atoms with Crippen molar-refractivity contribution in [3.63, 3.8) is 0 Å². The zero-order valence-electron chi connectivity index (χ0n) is 9.45. The molecule has 3 nitrogen and oxygen atoms in total. The summed E-state index contributed by atoms with van der Waals surface area (Å²) in [5.41, 5.74) is 0. The van der Waals surface area contributed by atoms with E-state index in [0.717, 1.165) is 0 Å². The van der Waals surface area contributed by atoms with Crippen molar-refractivity contribution in [1.82, 2.24) is 4.90 Å². The van der Waals surface area contributed by atoms with Crippen molar-refractivity contribution >= 4 is 5.97 Å². The molecule has 1 fully saturated rings. The van der Waals surface area contributed by atoms with Gasteiger partial charge in [0.15, 0.2) is 0 Å². The van der Waals surface area contributed by atoms with E-state index in [1.165, 1.54) is 39.2 Å². The quantitative estimate of drug-likeness (QED) is 0.649. The number of hydrogen-bond acceptors (Lipinski definition) is 3. The molecule has 0 amide bonds. The molecule has 0 radical (unpaired) electrons. The molecule has 82 valence electrons. The lowest BCUT2D eigenvalue weighted by Gasteiger charge is -2.34. The Morgan fingerprint density at radius 1 is 1.36 bits per heavy atom. The Hall–Kier alpha value is -0.570. The molecule has 1 aliphatic carbocycles. The lowest BCUT2D eigenvalue weighted by molar-refractivity contribution is -0.146. The zero-order chi connectivity index (χ0) is 10.6. The number of rotatable bonds is 3. The molecule has 3 heteroatoms. The van der Waals surface area contributed by atoms with Gasteiger partial charge < -0.3 is 4.74 Å². The number of carbonyl (C=O) groups excluding carboxylic acids is 1. The SMILES string of the molecule is COC(=O)C(C)N(C)C1CCCCC1. The van der Waals surface area contributed by atoms with Crippen LogP contribution in [0.3, 0.4) is 0 Å². The fraction of sp³-hybridized carbons (Fsp3) is 0.909. The molecule has 1 unspecified atom stereocenters. The highest BCUT2D eigenvalue weighted by Crippen LogP contribution is 2.23. The summed E-state index contributed by atoms with van der Waals surface area (Å²) in [6, 6.07) is 0.459. The minimum absolute atomic E-state index is 0.108. The largest absolute Gasteiger partial charge is 0.468 e. The van der Waals surface area contributed by atoms with Crippen molar-refractivity contribution < 1.29 is 9.53 Å². The van der Waals surface area contributed by atoms with Gasteiger partial charge in [-0.25, -0.2) is 0 Å². The van der Waals surface area contributed by atoms with Crippen molar-refractivity contribution in [2.45, 2.75) is 51.1 Å². The van der Waals surface area contributed by atoms with Crippen molar-refractivity contribution in [3.05, 3.63) is 0 Å². The number of ether oxygens (including phenoxy) is 1. The maximum Gasteiger partial charge on any atom is 0.322 e. The first-order chi connectivity index (χ1) is 6.66. The predicted octanol–water partition coefficient (Wildman–Crippen LogP) is 1.81. The summed E-state index contributed by atoms with van der Waals surface area (Å²) in [5.74, 6) is -0.127. The second-order valence-electron chi connectivity index (χ2n) is 4.16. The van der Waals surface area contributed by atoms with E-state index in [0.29, 0.717) is 6.04 Å². The van der Waals surface area contributed by atoms with E-state index in [1.807, 2.05) is 14.0 Å². The highest BCUT2D eigenvalue weighted by molar-refractivity contribution is 5.75. The zero-order valence-corrected chi connectivity index (χ0v) is 9.45. The summed E-state index contributed by atoms with van der Waals surface area (Å²) >= 11 is 0.